The van der Waals surface area contributed by atoms with Gasteiger partial charge in [0.15, 0.2) is 5.69 Å². The van der Waals surface area contributed by atoms with Crippen LogP contribution in [-0.4, -0.2) is 40.5 Å². The van der Waals surface area contributed by atoms with E-state index in [1.54, 1.807) is 13.2 Å². The summed E-state index contributed by atoms with van der Waals surface area (Å²) in [4.78, 5) is 21.1. The SMILES string of the molecule is CCSCCC(C)NC(=O)c1nc(C(C)C)ncc1NC. The van der Waals surface area contributed by atoms with Crippen LogP contribution in [0.4, 0.5) is 5.69 Å². The second-order valence-corrected chi connectivity index (χ2v) is 6.65. The summed E-state index contributed by atoms with van der Waals surface area (Å²) in [6.45, 7) is 8.19. The summed E-state index contributed by atoms with van der Waals surface area (Å²) in [6.07, 6.45) is 2.64. The fourth-order valence-electron chi connectivity index (χ4n) is 1.80. The van der Waals surface area contributed by atoms with Gasteiger partial charge in [-0.05, 0) is 24.9 Å². The molecule has 0 radical (unpaired) electrons. The third-order valence-electron chi connectivity index (χ3n) is 3.09. The monoisotopic (exact) mass is 310 g/mol. The average molecular weight is 310 g/mol. The summed E-state index contributed by atoms with van der Waals surface area (Å²) >= 11 is 1.88. The third kappa shape index (κ3) is 5.53. The van der Waals surface area contributed by atoms with Crippen molar-refractivity contribution in [3.63, 3.8) is 0 Å². The zero-order chi connectivity index (χ0) is 15.8. The van der Waals surface area contributed by atoms with Crippen LogP contribution in [-0.2, 0) is 0 Å². The Morgan fingerprint density at radius 3 is 2.67 bits per heavy atom. The van der Waals surface area contributed by atoms with Gasteiger partial charge >= 0.3 is 0 Å². The molecule has 0 aromatic carbocycles. The van der Waals surface area contributed by atoms with Crippen LogP contribution in [0, 0.1) is 0 Å². The van der Waals surface area contributed by atoms with Crippen LogP contribution in [0.2, 0.25) is 0 Å². The summed E-state index contributed by atoms with van der Waals surface area (Å²) in [6, 6.07) is 0.138. The highest BCUT2D eigenvalue weighted by molar-refractivity contribution is 7.99. The molecule has 1 amide bonds. The molecule has 1 aromatic heterocycles. The highest BCUT2D eigenvalue weighted by Crippen LogP contribution is 2.16. The van der Waals surface area contributed by atoms with Crippen molar-refractivity contribution in [1.82, 2.24) is 15.3 Å². The number of nitrogens with one attached hydrogen (secondary N) is 2. The number of rotatable bonds is 8. The van der Waals surface area contributed by atoms with E-state index < -0.39 is 0 Å². The lowest BCUT2D eigenvalue weighted by atomic mass is 10.2. The highest BCUT2D eigenvalue weighted by atomic mass is 32.2. The Hall–Kier alpha value is -1.30. The Labute approximate surface area is 131 Å². The second kappa shape index (κ2) is 8.87. The van der Waals surface area contributed by atoms with Crippen LogP contribution in [0.1, 0.15) is 56.3 Å². The lowest BCUT2D eigenvalue weighted by molar-refractivity contribution is 0.0935. The van der Waals surface area contributed by atoms with Crippen molar-refractivity contribution in [3.8, 4) is 0 Å². The lowest BCUT2D eigenvalue weighted by Gasteiger charge is -2.15. The topological polar surface area (TPSA) is 66.9 Å². The van der Waals surface area contributed by atoms with Crippen molar-refractivity contribution in [2.45, 2.75) is 46.1 Å². The first-order valence-electron chi connectivity index (χ1n) is 7.42. The number of amides is 1. The van der Waals surface area contributed by atoms with Crippen molar-refractivity contribution in [3.05, 3.63) is 17.7 Å². The van der Waals surface area contributed by atoms with E-state index in [4.69, 9.17) is 0 Å². The van der Waals surface area contributed by atoms with Crippen LogP contribution >= 0.6 is 11.8 Å². The summed E-state index contributed by atoms with van der Waals surface area (Å²) < 4.78 is 0. The summed E-state index contributed by atoms with van der Waals surface area (Å²) in [5.41, 5.74) is 1.08. The molecule has 2 N–H and O–H groups in total. The lowest BCUT2D eigenvalue weighted by Crippen LogP contribution is -2.34. The van der Waals surface area contributed by atoms with E-state index in [9.17, 15) is 4.79 Å². The molecule has 1 aromatic rings. The molecule has 1 atom stereocenters. The highest BCUT2D eigenvalue weighted by Gasteiger charge is 2.17. The van der Waals surface area contributed by atoms with Crippen LogP contribution in [0.25, 0.3) is 0 Å². The first kappa shape index (κ1) is 17.8. The van der Waals surface area contributed by atoms with Gasteiger partial charge in [0, 0.05) is 19.0 Å². The molecule has 0 saturated heterocycles. The quantitative estimate of drug-likeness (QED) is 0.723. The van der Waals surface area contributed by atoms with Crippen molar-refractivity contribution >= 4 is 23.4 Å². The van der Waals surface area contributed by atoms with E-state index in [1.807, 2.05) is 32.5 Å². The molecule has 0 aliphatic carbocycles. The molecule has 1 rings (SSSR count). The van der Waals surface area contributed by atoms with Gasteiger partial charge in [0.2, 0.25) is 0 Å². The van der Waals surface area contributed by atoms with Gasteiger partial charge in [-0.2, -0.15) is 11.8 Å². The zero-order valence-corrected chi connectivity index (χ0v) is 14.4. The van der Waals surface area contributed by atoms with Gasteiger partial charge in [-0.3, -0.25) is 4.79 Å². The van der Waals surface area contributed by atoms with Gasteiger partial charge in [0.05, 0.1) is 11.9 Å². The van der Waals surface area contributed by atoms with E-state index in [2.05, 4.69) is 27.5 Å². The number of hydrogen-bond acceptors (Lipinski definition) is 5. The van der Waals surface area contributed by atoms with Crippen molar-refractivity contribution in [1.29, 1.82) is 0 Å². The van der Waals surface area contributed by atoms with E-state index in [0.29, 0.717) is 17.2 Å². The maximum absolute atomic E-state index is 12.4. The van der Waals surface area contributed by atoms with Gasteiger partial charge < -0.3 is 10.6 Å². The standard InChI is InChI=1S/C15H26N4OS/c1-6-21-8-7-11(4)18-15(20)13-12(16-5)9-17-14(19-13)10(2)3/h9-11,16H,6-8H2,1-5H3,(H,18,20). The maximum atomic E-state index is 12.4. The molecule has 0 aliphatic rings. The predicted molar refractivity (Wildman–Crippen MR) is 90.2 cm³/mol. The smallest absolute Gasteiger partial charge is 0.272 e. The summed E-state index contributed by atoms with van der Waals surface area (Å²) in [5, 5.41) is 5.99. The van der Waals surface area contributed by atoms with E-state index in [0.717, 1.165) is 17.9 Å². The van der Waals surface area contributed by atoms with Gasteiger partial charge in [-0.25, -0.2) is 9.97 Å². The Kier molecular flexibility index (Phi) is 7.50. The normalized spacial score (nSPS) is 12.3. The molecule has 118 valence electrons. The average Bonchev–Trinajstić information content (AvgIpc) is 2.46. The zero-order valence-electron chi connectivity index (χ0n) is 13.6. The fourth-order valence-corrected chi connectivity index (χ4v) is 2.61. The van der Waals surface area contributed by atoms with Gasteiger partial charge in [-0.15, -0.1) is 0 Å². The molecule has 1 heterocycles. The van der Waals surface area contributed by atoms with Gasteiger partial charge in [-0.1, -0.05) is 20.8 Å². The first-order chi connectivity index (χ1) is 9.99. The molecule has 1 unspecified atom stereocenters. The number of carbonyl (C=O) groups excluding carboxylic acids is 1. The number of carbonyl (C=O) groups is 1. The Bertz CT molecular complexity index is 465. The molecule has 0 spiro atoms. The van der Waals surface area contributed by atoms with Crippen molar-refractivity contribution in [2.24, 2.45) is 0 Å². The van der Waals surface area contributed by atoms with E-state index in [1.165, 1.54) is 0 Å². The molecular formula is C15H26N4OS. The molecule has 0 saturated carbocycles. The fraction of sp³-hybridized carbons (Fsp3) is 0.667. The van der Waals surface area contributed by atoms with E-state index >= 15 is 0 Å². The van der Waals surface area contributed by atoms with Crippen molar-refractivity contribution in [2.75, 3.05) is 23.9 Å². The number of hydrogen-bond donors (Lipinski definition) is 2. The molecule has 5 nitrogen and oxygen atoms in total. The molecule has 21 heavy (non-hydrogen) atoms. The van der Waals surface area contributed by atoms with Crippen LogP contribution < -0.4 is 10.6 Å². The third-order valence-corrected chi connectivity index (χ3v) is 4.02. The maximum Gasteiger partial charge on any atom is 0.272 e. The Morgan fingerprint density at radius 2 is 2.10 bits per heavy atom. The summed E-state index contributed by atoms with van der Waals surface area (Å²) in [5.74, 6) is 2.90. The number of nitrogens with zero attached hydrogens (tertiary/aromatic N) is 2. The Balaban J connectivity index is 2.78. The van der Waals surface area contributed by atoms with Crippen LogP contribution in [0.5, 0.6) is 0 Å². The molecule has 0 aliphatic heterocycles. The van der Waals surface area contributed by atoms with Gasteiger partial charge in [0.25, 0.3) is 5.91 Å². The van der Waals surface area contributed by atoms with Crippen LogP contribution in [0.3, 0.4) is 0 Å². The number of anilines is 1. The first-order valence-corrected chi connectivity index (χ1v) is 8.58. The molecule has 6 heteroatoms. The van der Waals surface area contributed by atoms with Crippen molar-refractivity contribution < 1.29 is 4.79 Å². The second-order valence-electron chi connectivity index (χ2n) is 5.26. The molecule has 0 fully saturated rings. The van der Waals surface area contributed by atoms with E-state index in [-0.39, 0.29) is 17.9 Å². The Morgan fingerprint density at radius 1 is 1.38 bits per heavy atom. The minimum atomic E-state index is -0.141. The number of thioether (sulfide) groups is 1. The predicted octanol–water partition coefficient (Wildman–Crippen LogP) is 2.90. The largest absolute Gasteiger partial charge is 0.385 e. The molecule has 0 bridgehead atoms. The summed E-state index contributed by atoms with van der Waals surface area (Å²) in [7, 11) is 1.77. The van der Waals surface area contributed by atoms with Crippen LogP contribution in [0.15, 0.2) is 6.20 Å². The molecular weight excluding hydrogens is 284 g/mol. The minimum absolute atomic E-state index is 0.138. The van der Waals surface area contributed by atoms with Gasteiger partial charge in [0.1, 0.15) is 5.82 Å². The minimum Gasteiger partial charge on any atom is -0.385 e. The number of aromatic nitrogens is 2.